The highest BCUT2D eigenvalue weighted by molar-refractivity contribution is 6.11. The lowest BCUT2D eigenvalue weighted by molar-refractivity contribution is 1.18. The van der Waals surface area contributed by atoms with Gasteiger partial charge in [0.25, 0.3) is 0 Å². The molecule has 0 bridgehead atoms. The van der Waals surface area contributed by atoms with Crippen molar-refractivity contribution in [3.8, 4) is 39.7 Å². The van der Waals surface area contributed by atoms with E-state index in [4.69, 9.17) is 6.57 Å². The maximum atomic E-state index is 10.4. The van der Waals surface area contributed by atoms with Gasteiger partial charge in [-0.15, -0.1) is 0 Å². The Morgan fingerprint density at radius 1 is 0.479 bits per heavy atom. The van der Waals surface area contributed by atoms with Gasteiger partial charge in [0, 0.05) is 32.8 Å². The van der Waals surface area contributed by atoms with E-state index < -0.39 is 0 Å². The molecule has 2 heterocycles. The van der Waals surface area contributed by atoms with Crippen molar-refractivity contribution < 1.29 is 0 Å². The Morgan fingerprint density at radius 3 is 1.48 bits per heavy atom. The van der Waals surface area contributed by atoms with Gasteiger partial charge in [0.15, 0.2) is 0 Å². The summed E-state index contributed by atoms with van der Waals surface area (Å²) in [6, 6.07) is 56.4. The van der Waals surface area contributed by atoms with Crippen LogP contribution in [-0.2, 0) is 0 Å². The van der Waals surface area contributed by atoms with E-state index in [0.717, 1.165) is 66.5 Å². The van der Waals surface area contributed by atoms with Crippen LogP contribution in [0.15, 0.2) is 158 Å². The molecular weight excluding hydrogens is 585 g/mol. The van der Waals surface area contributed by atoms with Gasteiger partial charge in [0.05, 0.1) is 46.0 Å². The number of para-hydroxylation sites is 5. The van der Waals surface area contributed by atoms with Crippen molar-refractivity contribution in [2.75, 3.05) is 0 Å². The van der Waals surface area contributed by atoms with E-state index in [-0.39, 0.29) is 0 Å². The summed E-state index contributed by atoms with van der Waals surface area (Å²) in [6.45, 7) is 8.22. The van der Waals surface area contributed by atoms with E-state index in [9.17, 15) is 5.26 Å². The number of nitrogens with zero attached hydrogens (tertiary/aromatic N) is 4. The molecule has 4 heteroatoms. The van der Waals surface area contributed by atoms with Gasteiger partial charge in [-0.2, -0.15) is 5.26 Å². The van der Waals surface area contributed by atoms with E-state index >= 15 is 0 Å². The highest BCUT2D eigenvalue weighted by Gasteiger charge is 2.22. The second kappa shape index (κ2) is 10.9. The number of hydrogen-bond donors (Lipinski definition) is 0. The van der Waals surface area contributed by atoms with Crippen LogP contribution in [0.1, 0.15) is 5.56 Å². The topological polar surface area (TPSA) is 38.0 Å². The average Bonchev–Trinajstić information content (AvgIpc) is 3.67. The Balaban J connectivity index is 1.28. The van der Waals surface area contributed by atoms with Gasteiger partial charge < -0.3 is 9.13 Å². The van der Waals surface area contributed by atoms with Crippen molar-refractivity contribution in [2.45, 2.75) is 0 Å². The fourth-order valence-corrected chi connectivity index (χ4v) is 7.40. The van der Waals surface area contributed by atoms with Gasteiger partial charge in [-0.1, -0.05) is 115 Å². The van der Waals surface area contributed by atoms with Crippen LogP contribution in [0, 0.1) is 17.9 Å². The van der Waals surface area contributed by atoms with Gasteiger partial charge in [0.1, 0.15) is 0 Å². The van der Waals surface area contributed by atoms with E-state index in [1.165, 1.54) is 10.8 Å². The van der Waals surface area contributed by atoms with E-state index in [1.807, 2.05) is 36.4 Å². The second-order valence-electron chi connectivity index (χ2n) is 11.9. The maximum absolute atomic E-state index is 10.4. The van der Waals surface area contributed by atoms with Crippen LogP contribution in [0.4, 0.5) is 5.69 Å². The number of benzene rings is 7. The van der Waals surface area contributed by atoms with Gasteiger partial charge in [-0.3, -0.25) is 0 Å². The van der Waals surface area contributed by atoms with Crippen LogP contribution in [0.3, 0.4) is 0 Å². The van der Waals surface area contributed by atoms with Crippen molar-refractivity contribution >= 4 is 49.3 Å². The minimum absolute atomic E-state index is 0.550. The minimum atomic E-state index is 0.550. The zero-order valence-corrected chi connectivity index (χ0v) is 25.8. The Bertz CT molecular complexity index is 2690. The molecule has 0 saturated carbocycles. The lowest BCUT2D eigenvalue weighted by Crippen LogP contribution is -2.00. The molecule has 0 aliphatic rings. The van der Waals surface area contributed by atoms with Crippen LogP contribution in [0.5, 0.6) is 0 Å². The summed E-state index contributed by atoms with van der Waals surface area (Å²) in [5.41, 5.74) is 10.9. The van der Waals surface area contributed by atoms with Crippen LogP contribution in [-0.4, -0.2) is 9.13 Å². The Morgan fingerprint density at radius 2 is 0.958 bits per heavy atom. The summed E-state index contributed by atoms with van der Waals surface area (Å²) in [5.74, 6) is 0. The van der Waals surface area contributed by atoms with E-state index in [2.05, 4.69) is 141 Å². The Kier molecular flexibility index (Phi) is 6.22. The predicted octanol–water partition coefficient (Wildman–Crippen LogP) is 11.6. The van der Waals surface area contributed by atoms with Crippen molar-refractivity contribution in [1.82, 2.24) is 9.13 Å². The third-order valence-corrected chi connectivity index (χ3v) is 9.41. The fraction of sp³-hybridized carbons (Fsp3) is 0. The Hall–Kier alpha value is -6.88. The van der Waals surface area contributed by atoms with Gasteiger partial charge in [-0.25, -0.2) is 4.85 Å². The molecule has 4 nitrogen and oxygen atoms in total. The van der Waals surface area contributed by atoms with Gasteiger partial charge >= 0.3 is 0 Å². The molecule has 0 aliphatic heterocycles. The maximum Gasteiger partial charge on any atom is 0.211 e. The number of fused-ring (bicyclic) bond motifs is 6. The Labute approximate surface area is 277 Å². The van der Waals surface area contributed by atoms with Crippen LogP contribution < -0.4 is 0 Å². The molecule has 0 aliphatic carbocycles. The lowest BCUT2D eigenvalue weighted by atomic mass is 9.89. The number of hydrogen-bond acceptors (Lipinski definition) is 1. The first kappa shape index (κ1) is 27.4. The average molecular weight is 611 g/mol. The SMILES string of the molecule is [C-]#[N+]c1cccc(-c2cccc(C#N)c2-c2ccc(-n3c4ccccc4c4ccccc43)cc2)c1-n1c2ccccc2c2ccccc21. The van der Waals surface area contributed by atoms with Gasteiger partial charge in [0.2, 0.25) is 5.69 Å². The molecule has 0 atom stereocenters. The first-order chi connectivity index (χ1) is 23.8. The molecule has 7 aromatic carbocycles. The molecule has 0 N–H and O–H groups in total. The van der Waals surface area contributed by atoms with Crippen molar-refractivity contribution in [2.24, 2.45) is 0 Å². The number of aromatic nitrogens is 2. The molecule has 0 fully saturated rings. The first-order valence-corrected chi connectivity index (χ1v) is 15.9. The zero-order chi connectivity index (χ0) is 32.2. The molecule has 222 valence electrons. The molecule has 9 rings (SSSR count). The van der Waals surface area contributed by atoms with Crippen molar-refractivity contribution in [3.63, 3.8) is 0 Å². The van der Waals surface area contributed by atoms with E-state index in [1.54, 1.807) is 0 Å². The van der Waals surface area contributed by atoms with Crippen molar-refractivity contribution in [1.29, 1.82) is 5.26 Å². The van der Waals surface area contributed by atoms with E-state index in [0.29, 0.717) is 11.3 Å². The quantitative estimate of drug-likeness (QED) is 0.183. The normalized spacial score (nSPS) is 11.3. The number of nitriles is 1. The van der Waals surface area contributed by atoms with Crippen LogP contribution >= 0.6 is 0 Å². The molecule has 9 aromatic rings. The standard InChI is InChI=1S/C44H26N4/c1-46-38-19-11-18-37(44(38)48-41-22-8-4-15-34(41)35-16-5-9-23-42(35)48)36-17-10-12-30(28-45)43(36)29-24-26-31(27-25-29)47-39-20-6-2-13-32(39)33-14-3-7-21-40(33)47/h2-27H. The summed E-state index contributed by atoms with van der Waals surface area (Å²) in [5, 5.41) is 15.1. The lowest BCUT2D eigenvalue weighted by Gasteiger charge is -2.19. The second-order valence-corrected chi connectivity index (χ2v) is 11.9. The highest BCUT2D eigenvalue weighted by atomic mass is 15.0. The fourth-order valence-electron chi connectivity index (χ4n) is 7.40. The van der Waals surface area contributed by atoms with Crippen molar-refractivity contribution in [3.05, 3.63) is 175 Å². The molecule has 0 saturated heterocycles. The third-order valence-electron chi connectivity index (χ3n) is 9.41. The van der Waals surface area contributed by atoms with Crippen LogP contribution in [0.25, 0.3) is 82.1 Å². The van der Waals surface area contributed by atoms with Crippen LogP contribution in [0.2, 0.25) is 0 Å². The minimum Gasteiger partial charge on any atom is -0.318 e. The smallest absolute Gasteiger partial charge is 0.211 e. The summed E-state index contributed by atoms with van der Waals surface area (Å²) < 4.78 is 4.51. The zero-order valence-electron chi connectivity index (χ0n) is 25.8. The third kappa shape index (κ3) is 4.01. The monoisotopic (exact) mass is 610 g/mol. The molecule has 0 radical (unpaired) electrons. The summed E-state index contributed by atoms with van der Waals surface area (Å²) in [6.07, 6.45) is 0. The molecule has 0 amide bonds. The summed E-state index contributed by atoms with van der Waals surface area (Å²) in [7, 11) is 0. The molecular formula is C44H26N4. The summed E-state index contributed by atoms with van der Waals surface area (Å²) in [4.78, 5) is 4.02. The highest BCUT2D eigenvalue weighted by Crippen LogP contribution is 2.44. The molecule has 48 heavy (non-hydrogen) atoms. The van der Waals surface area contributed by atoms with Gasteiger partial charge in [-0.05, 0) is 59.2 Å². The number of rotatable bonds is 4. The molecule has 0 unspecified atom stereocenters. The first-order valence-electron chi connectivity index (χ1n) is 15.9. The predicted molar refractivity (Wildman–Crippen MR) is 197 cm³/mol. The molecule has 2 aromatic heterocycles. The largest absolute Gasteiger partial charge is 0.318 e. The molecule has 0 spiro atoms. The summed E-state index contributed by atoms with van der Waals surface area (Å²) >= 11 is 0.